The van der Waals surface area contributed by atoms with Gasteiger partial charge < -0.3 is 10.2 Å². The summed E-state index contributed by atoms with van der Waals surface area (Å²) in [5.41, 5.74) is 0.254. The molecule has 0 radical (unpaired) electrons. The molecule has 20 heavy (non-hydrogen) atoms. The van der Waals surface area contributed by atoms with E-state index in [0.29, 0.717) is 10.0 Å². The average Bonchev–Trinajstić information content (AvgIpc) is 2.37. The summed E-state index contributed by atoms with van der Waals surface area (Å²) in [6.45, 7) is 5.39. The van der Waals surface area contributed by atoms with Crippen molar-refractivity contribution < 1.29 is 9.72 Å². The molecule has 1 aromatic rings. The quantitative estimate of drug-likeness (QED) is 0.660. The Morgan fingerprint density at radius 3 is 2.50 bits per heavy atom. The molecule has 7 heteroatoms. The molecule has 1 amide bonds. The van der Waals surface area contributed by atoms with Gasteiger partial charge in [-0.2, -0.15) is 0 Å². The van der Waals surface area contributed by atoms with E-state index in [1.54, 1.807) is 11.0 Å². The number of non-ortho nitro benzene ring substituents is 1. The van der Waals surface area contributed by atoms with Gasteiger partial charge in [0.05, 0.1) is 4.92 Å². The van der Waals surface area contributed by atoms with Gasteiger partial charge in [-0.15, -0.1) is 0 Å². The van der Waals surface area contributed by atoms with E-state index in [9.17, 15) is 14.9 Å². The number of nitrogens with zero attached hydrogens (tertiary/aromatic N) is 2. The van der Waals surface area contributed by atoms with Crippen molar-refractivity contribution in [3.8, 4) is 0 Å². The molecule has 6 nitrogen and oxygen atoms in total. The van der Waals surface area contributed by atoms with Crippen LogP contribution in [0, 0.1) is 10.1 Å². The lowest BCUT2D eigenvalue weighted by Crippen LogP contribution is -2.57. The van der Waals surface area contributed by atoms with Gasteiger partial charge in [-0.25, -0.2) is 0 Å². The second-order valence-corrected chi connectivity index (χ2v) is 5.94. The molecule has 0 saturated carbocycles. The van der Waals surface area contributed by atoms with Crippen LogP contribution in [0.15, 0.2) is 22.7 Å². The van der Waals surface area contributed by atoms with Crippen LogP contribution in [0.4, 0.5) is 5.69 Å². The van der Waals surface area contributed by atoms with Crippen molar-refractivity contribution in [1.29, 1.82) is 0 Å². The molecular weight excluding hydrogens is 326 g/mol. The van der Waals surface area contributed by atoms with E-state index in [4.69, 9.17) is 0 Å². The maximum atomic E-state index is 12.6. The summed E-state index contributed by atoms with van der Waals surface area (Å²) in [7, 11) is 0. The zero-order chi connectivity index (χ0) is 14.9. The van der Waals surface area contributed by atoms with Crippen LogP contribution in [0.25, 0.3) is 0 Å². The van der Waals surface area contributed by atoms with Gasteiger partial charge in [-0.3, -0.25) is 14.9 Å². The summed E-state index contributed by atoms with van der Waals surface area (Å²) >= 11 is 3.22. The number of rotatable bonds is 2. The smallest absolute Gasteiger partial charge is 0.271 e. The molecule has 1 saturated heterocycles. The fourth-order valence-electron chi connectivity index (χ4n) is 2.48. The number of nitro benzene ring substituents is 1. The summed E-state index contributed by atoms with van der Waals surface area (Å²) in [6, 6.07) is 4.46. The first kappa shape index (κ1) is 14.9. The fraction of sp³-hybridized carbons (Fsp3) is 0.462. The van der Waals surface area contributed by atoms with E-state index in [1.807, 2.05) is 13.8 Å². The molecule has 1 heterocycles. The van der Waals surface area contributed by atoms with Crippen LogP contribution < -0.4 is 5.32 Å². The predicted octanol–water partition coefficient (Wildman–Crippen LogP) is 2.18. The molecule has 2 atom stereocenters. The van der Waals surface area contributed by atoms with Gasteiger partial charge in [0.25, 0.3) is 11.6 Å². The van der Waals surface area contributed by atoms with Crippen LogP contribution in [0.3, 0.4) is 0 Å². The van der Waals surface area contributed by atoms with Crippen molar-refractivity contribution >= 4 is 27.5 Å². The lowest BCUT2D eigenvalue weighted by atomic mass is 10.1. The molecule has 1 aromatic carbocycles. The van der Waals surface area contributed by atoms with Crippen molar-refractivity contribution in [2.75, 3.05) is 13.1 Å². The molecule has 1 fully saturated rings. The summed E-state index contributed by atoms with van der Waals surface area (Å²) in [6.07, 6.45) is 0. The minimum absolute atomic E-state index is 0.0595. The first-order valence-corrected chi connectivity index (χ1v) is 7.18. The lowest BCUT2D eigenvalue weighted by molar-refractivity contribution is -0.385. The normalized spacial score (nSPS) is 22.6. The van der Waals surface area contributed by atoms with E-state index in [0.717, 1.165) is 13.1 Å². The molecule has 0 aromatic heterocycles. The third kappa shape index (κ3) is 2.99. The molecule has 2 unspecified atom stereocenters. The summed E-state index contributed by atoms with van der Waals surface area (Å²) in [5.74, 6) is -0.170. The van der Waals surface area contributed by atoms with Crippen molar-refractivity contribution in [2.24, 2.45) is 0 Å². The predicted molar refractivity (Wildman–Crippen MR) is 78.8 cm³/mol. The van der Waals surface area contributed by atoms with E-state index in [1.165, 1.54) is 12.1 Å². The van der Waals surface area contributed by atoms with Crippen LogP contribution in [0.1, 0.15) is 24.2 Å². The Hall–Kier alpha value is -1.47. The first-order valence-electron chi connectivity index (χ1n) is 6.38. The average molecular weight is 342 g/mol. The summed E-state index contributed by atoms with van der Waals surface area (Å²) < 4.78 is 0.533. The second kappa shape index (κ2) is 5.88. The number of nitro groups is 1. The van der Waals surface area contributed by atoms with E-state index in [2.05, 4.69) is 21.2 Å². The molecule has 1 aliphatic rings. The molecule has 0 aliphatic carbocycles. The molecule has 0 spiro atoms. The number of amides is 1. The highest BCUT2D eigenvalue weighted by Crippen LogP contribution is 2.24. The van der Waals surface area contributed by atoms with Gasteiger partial charge >= 0.3 is 0 Å². The zero-order valence-corrected chi connectivity index (χ0v) is 12.9. The van der Waals surface area contributed by atoms with Gasteiger partial charge in [0.2, 0.25) is 0 Å². The van der Waals surface area contributed by atoms with E-state index >= 15 is 0 Å². The maximum Gasteiger partial charge on any atom is 0.271 e. The number of carbonyl (C=O) groups is 1. The third-order valence-electron chi connectivity index (χ3n) is 3.40. The molecular formula is C13H16BrN3O3. The molecule has 108 valence electrons. The summed E-state index contributed by atoms with van der Waals surface area (Å²) in [5, 5.41) is 14.1. The van der Waals surface area contributed by atoms with Crippen molar-refractivity contribution in [2.45, 2.75) is 25.9 Å². The number of benzene rings is 1. The Morgan fingerprint density at radius 1 is 1.35 bits per heavy atom. The maximum absolute atomic E-state index is 12.6. The SMILES string of the molecule is CC1CNCC(C)N1C(=O)c1cc(Br)cc([N+](=O)[O-])c1. The van der Waals surface area contributed by atoms with E-state index in [-0.39, 0.29) is 23.7 Å². The molecule has 2 rings (SSSR count). The van der Waals surface area contributed by atoms with Crippen LogP contribution >= 0.6 is 15.9 Å². The minimum Gasteiger partial charge on any atom is -0.331 e. The van der Waals surface area contributed by atoms with Crippen molar-refractivity contribution in [3.63, 3.8) is 0 Å². The highest BCUT2D eigenvalue weighted by Gasteiger charge is 2.30. The number of carbonyl (C=O) groups excluding carboxylic acids is 1. The number of halogens is 1. The van der Waals surface area contributed by atoms with Gasteiger partial charge in [0.15, 0.2) is 0 Å². The van der Waals surface area contributed by atoms with Gasteiger partial charge in [0, 0.05) is 47.3 Å². The Morgan fingerprint density at radius 2 is 1.95 bits per heavy atom. The fourth-order valence-corrected chi connectivity index (χ4v) is 2.97. The second-order valence-electron chi connectivity index (χ2n) is 5.02. The van der Waals surface area contributed by atoms with Crippen LogP contribution in [-0.2, 0) is 0 Å². The highest BCUT2D eigenvalue weighted by atomic mass is 79.9. The highest BCUT2D eigenvalue weighted by molar-refractivity contribution is 9.10. The minimum atomic E-state index is -0.494. The van der Waals surface area contributed by atoms with Gasteiger partial charge in [-0.05, 0) is 19.9 Å². The largest absolute Gasteiger partial charge is 0.331 e. The lowest BCUT2D eigenvalue weighted by Gasteiger charge is -2.39. The monoisotopic (exact) mass is 341 g/mol. The Balaban J connectivity index is 2.35. The molecule has 1 N–H and O–H groups in total. The topological polar surface area (TPSA) is 75.5 Å². The molecule has 1 aliphatic heterocycles. The number of nitrogens with one attached hydrogen (secondary N) is 1. The van der Waals surface area contributed by atoms with Gasteiger partial charge in [-0.1, -0.05) is 15.9 Å². The number of hydrogen-bond donors (Lipinski definition) is 1. The van der Waals surface area contributed by atoms with Crippen molar-refractivity contribution in [1.82, 2.24) is 10.2 Å². The first-order chi connectivity index (χ1) is 9.40. The van der Waals surface area contributed by atoms with E-state index < -0.39 is 4.92 Å². The van der Waals surface area contributed by atoms with Crippen LogP contribution in [0.2, 0.25) is 0 Å². The van der Waals surface area contributed by atoms with Crippen molar-refractivity contribution in [3.05, 3.63) is 38.3 Å². The standard InChI is InChI=1S/C13H16BrN3O3/c1-8-6-15-7-9(2)16(8)13(18)10-3-11(14)5-12(4-10)17(19)20/h3-5,8-9,15H,6-7H2,1-2H3. The Labute approximate surface area is 125 Å². The Kier molecular flexibility index (Phi) is 4.39. The van der Waals surface area contributed by atoms with Gasteiger partial charge in [0.1, 0.15) is 0 Å². The van der Waals surface area contributed by atoms with Crippen LogP contribution in [-0.4, -0.2) is 40.9 Å². The molecule has 0 bridgehead atoms. The van der Waals surface area contributed by atoms with Crippen LogP contribution in [0.5, 0.6) is 0 Å². The number of hydrogen-bond acceptors (Lipinski definition) is 4. The third-order valence-corrected chi connectivity index (χ3v) is 3.86. The Bertz CT molecular complexity index is 540. The summed E-state index contributed by atoms with van der Waals surface area (Å²) in [4.78, 5) is 24.8. The zero-order valence-electron chi connectivity index (χ0n) is 11.3. The number of piperazine rings is 1.